The maximum absolute atomic E-state index is 12.8. The summed E-state index contributed by atoms with van der Waals surface area (Å²) in [6.07, 6.45) is 6.79. The van der Waals surface area contributed by atoms with Crippen LogP contribution in [0.25, 0.3) is 12.2 Å². The van der Waals surface area contributed by atoms with Crippen molar-refractivity contribution in [1.29, 1.82) is 0 Å². The molecule has 0 unspecified atom stereocenters. The minimum atomic E-state index is -0.417. The number of carbonyl (C=O) groups is 2. The number of unbranched alkanes of at least 4 members (excludes halogenated alkanes) is 1. The second-order valence-corrected chi connectivity index (χ2v) is 7.46. The largest absolute Gasteiger partial charge is 0.488 e. The molecule has 0 atom stereocenters. The summed E-state index contributed by atoms with van der Waals surface area (Å²) in [6, 6.07) is 26.2. The molecule has 0 aliphatic rings. The molecule has 168 valence electrons. The molecule has 0 fully saturated rings. The van der Waals surface area contributed by atoms with Gasteiger partial charge in [-0.3, -0.25) is 4.79 Å². The van der Waals surface area contributed by atoms with Crippen LogP contribution >= 0.6 is 0 Å². The van der Waals surface area contributed by atoms with Crippen LogP contribution in [0.5, 0.6) is 5.75 Å². The molecule has 0 aliphatic carbocycles. The number of rotatable bonds is 11. The first-order valence-electron chi connectivity index (χ1n) is 11.1. The Hall–Kier alpha value is -3.92. The van der Waals surface area contributed by atoms with Crippen molar-refractivity contribution in [3.63, 3.8) is 0 Å². The fourth-order valence-electron chi connectivity index (χ4n) is 3.09. The normalized spacial score (nSPS) is 11.4. The zero-order chi connectivity index (χ0) is 23.3. The van der Waals surface area contributed by atoms with Gasteiger partial charge >= 0.3 is 5.97 Å². The number of carbonyl (C=O) groups excluding carboxylic acids is 2. The molecule has 0 saturated heterocycles. The first kappa shape index (κ1) is 23.7. The van der Waals surface area contributed by atoms with E-state index in [-0.39, 0.29) is 12.4 Å². The monoisotopic (exact) mass is 440 g/mol. The van der Waals surface area contributed by atoms with Gasteiger partial charge in [0.25, 0.3) is 0 Å². The van der Waals surface area contributed by atoms with E-state index in [0.717, 1.165) is 24.0 Å². The van der Waals surface area contributed by atoms with Crippen molar-refractivity contribution in [2.24, 2.45) is 0 Å². The van der Waals surface area contributed by atoms with Gasteiger partial charge in [0, 0.05) is 0 Å². The first-order valence-corrected chi connectivity index (χ1v) is 11.1. The third-order valence-electron chi connectivity index (χ3n) is 4.90. The molecule has 0 radical (unpaired) electrons. The van der Waals surface area contributed by atoms with Crippen LogP contribution < -0.4 is 4.74 Å². The van der Waals surface area contributed by atoms with Crippen LogP contribution in [0.4, 0.5) is 0 Å². The summed E-state index contributed by atoms with van der Waals surface area (Å²) in [7, 11) is 0. The lowest BCUT2D eigenvalue weighted by Gasteiger charge is -2.12. The van der Waals surface area contributed by atoms with Crippen molar-refractivity contribution in [1.82, 2.24) is 0 Å². The van der Waals surface area contributed by atoms with Crippen LogP contribution in [-0.4, -0.2) is 25.0 Å². The molecule has 0 aromatic heterocycles. The summed E-state index contributed by atoms with van der Waals surface area (Å²) in [5.74, 6) is -0.172. The predicted octanol–water partition coefficient (Wildman–Crippen LogP) is 6.39. The average molecular weight is 441 g/mol. The maximum Gasteiger partial charge on any atom is 0.337 e. The Balaban J connectivity index is 1.76. The van der Waals surface area contributed by atoms with Gasteiger partial charge in [-0.2, -0.15) is 0 Å². The summed E-state index contributed by atoms with van der Waals surface area (Å²) in [5.41, 5.74) is 2.63. The van der Waals surface area contributed by atoms with Crippen LogP contribution in [0.3, 0.4) is 0 Å². The Kier molecular flexibility index (Phi) is 9.22. The zero-order valence-corrected chi connectivity index (χ0v) is 18.8. The SMILES string of the molecule is CCCCOC(=O)/C(=C/c1ccccc1)COc1ccccc1C(=O)C=Cc1ccccc1. The number of para-hydroxylation sites is 1. The van der Waals surface area contributed by atoms with E-state index >= 15 is 0 Å². The van der Waals surface area contributed by atoms with Crippen molar-refractivity contribution < 1.29 is 19.1 Å². The van der Waals surface area contributed by atoms with Gasteiger partial charge in [-0.05, 0) is 41.8 Å². The standard InChI is InChI=1S/C29H28O4/c1-2-3-20-32-29(31)25(21-24-14-8-5-9-15-24)22-33-28-17-11-10-16-26(28)27(30)19-18-23-12-6-4-7-13-23/h4-19,21H,2-3,20,22H2,1H3/b19-18?,25-21+. The van der Waals surface area contributed by atoms with Crippen molar-refractivity contribution >= 4 is 23.9 Å². The third-order valence-corrected chi connectivity index (χ3v) is 4.90. The summed E-state index contributed by atoms with van der Waals surface area (Å²) in [4.78, 5) is 25.5. The number of benzene rings is 3. The quantitative estimate of drug-likeness (QED) is 0.150. The highest BCUT2D eigenvalue weighted by Crippen LogP contribution is 2.21. The van der Waals surface area contributed by atoms with E-state index in [1.54, 1.807) is 36.4 Å². The number of hydrogen-bond acceptors (Lipinski definition) is 4. The highest BCUT2D eigenvalue weighted by molar-refractivity contribution is 6.08. The van der Waals surface area contributed by atoms with E-state index in [0.29, 0.717) is 23.5 Å². The highest BCUT2D eigenvalue weighted by Gasteiger charge is 2.15. The first-order chi connectivity index (χ1) is 16.2. The molecule has 0 amide bonds. The fourth-order valence-corrected chi connectivity index (χ4v) is 3.09. The molecule has 3 aromatic carbocycles. The Morgan fingerprint density at radius 1 is 0.818 bits per heavy atom. The minimum absolute atomic E-state index is 0.00740. The number of hydrogen-bond donors (Lipinski definition) is 0. The molecular weight excluding hydrogens is 412 g/mol. The molecule has 0 N–H and O–H groups in total. The molecule has 0 bridgehead atoms. The molecule has 4 nitrogen and oxygen atoms in total. The van der Waals surface area contributed by atoms with E-state index in [9.17, 15) is 9.59 Å². The van der Waals surface area contributed by atoms with Gasteiger partial charge < -0.3 is 9.47 Å². The van der Waals surface area contributed by atoms with Crippen molar-refractivity contribution in [2.45, 2.75) is 19.8 Å². The van der Waals surface area contributed by atoms with E-state index in [2.05, 4.69) is 0 Å². The van der Waals surface area contributed by atoms with Gasteiger partial charge in [-0.15, -0.1) is 0 Å². The molecule has 0 heterocycles. The molecule has 3 aromatic rings. The molecule has 4 heteroatoms. The van der Waals surface area contributed by atoms with E-state index in [4.69, 9.17) is 9.47 Å². The molecule has 33 heavy (non-hydrogen) atoms. The summed E-state index contributed by atoms with van der Waals surface area (Å²) >= 11 is 0. The van der Waals surface area contributed by atoms with Crippen LogP contribution in [0, 0.1) is 0 Å². The summed E-state index contributed by atoms with van der Waals surface area (Å²) < 4.78 is 11.4. The van der Waals surface area contributed by atoms with Crippen molar-refractivity contribution in [2.75, 3.05) is 13.2 Å². The lowest BCUT2D eigenvalue weighted by molar-refractivity contribution is -0.139. The molecule has 0 aliphatic heterocycles. The highest BCUT2D eigenvalue weighted by atomic mass is 16.5. The second kappa shape index (κ2) is 12.8. The van der Waals surface area contributed by atoms with Crippen LogP contribution in [0.1, 0.15) is 41.3 Å². The second-order valence-electron chi connectivity index (χ2n) is 7.46. The number of ketones is 1. The molecule has 3 rings (SSSR count). The Morgan fingerprint density at radius 2 is 1.45 bits per heavy atom. The van der Waals surface area contributed by atoms with Gasteiger partial charge in [-0.1, -0.05) is 92.2 Å². The summed E-state index contributed by atoms with van der Waals surface area (Å²) in [5, 5.41) is 0. The molecule has 0 saturated carbocycles. The van der Waals surface area contributed by atoms with Crippen LogP contribution in [-0.2, 0) is 9.53 Å². The third kappa shape index (κ3) is 7.62. The topological polar surface area (TPSA) is 52.6 Å². The Labute approximate surface area is 195 Å². The number of ether oxygens (including phenoxy) is 2. The number of allylic oxidation sites excluding steroid dienone is 1. The summed E-state index contributed by atoms with van der Waals surface area (Å²) in [6.45, 7) is 2.39. The number of esters is 1. The molecule has 0 spiro atoms. The lowest BCUT2D eigenvalue weighted by Crippen LogP contribution is -2.16. The predicted molar refractivity (Wildman–Crippen MR) is 132 cm³/mol. The van der Waals surface area contributed by atoms with Gasteiger partial charge in [0.2, 0.25) is 0 Å². The minimum Gasteiger partial charge on any atom is -0.488 e. The fraction of sp³-hybridized carbons (Fsp3) is 0.172. The maximum atomic E-state index is 12.8. The van der Waals surface area contributed by atoms with Gasteiger partial charge in [0.1, 0.15) is 12.4 Å². The van der Waals surface area contributed by atoms with Crippen molar-refractivity contribution in [3.8, 4) is 5.75 Å². The Morgan fingerprint density at radius 3 is 2.15 bits per heavy atom. The van der Waals surface area contributed by atoms with Crippen LogP contribution in [0.15, 0.2) is 96.6 Å². The average Bonchev–Trinajstić information content (AvgIpc) is 2.86. The zero-order valence-electron chi connectivity index (χ0n) is 18.8. The Bertz CT molecular complexity index is 1100. The van der Waals surface area contributed by atoms with Gasteiger partial charge in [0.05, 0.1) is 17.7 Å². The van der Waals surface area contributed by atoms with E-state index in [1.807, 2.05) is 67.6 Å². The smallest absolute Gasteiger partial charge is 0.337 e. The van der Waals surface area contributed by atoms with Gasteiger partial charge in [0.15, 0.2) is 5.78 Å². The van der Waals surface area contributed by atoms with E-state index in [1.165, 1.54) is 6.08 Å². The molecular formula is C29H28O4. The van der Waals surface area contributed by atoms with Crippen LogP contribution in [0.2, 0.25) is 0 Å². The van der Waals surface area contributed by atoms with Gasteiger partial charge in [-0.25, -0.2) is 4.79 Å². The van der Waals surface area contributed by atoms with Crippen molar-refractivity contribution in [3.05, 3.63) is 113 Å². The van der Waals surface area contributed by atoms with E-state index < -0.39 is 5.97 Å². The lowest BCUT2D eigenvalue weighted by atomic mass is 10.1.